The number of rotatable bonds is 17. The molecule has 32 heavy (non-hydrogen) atoms. The summed E-state index contributed by atoms with van der Waals surface area (Å²) >= 11 is 0. The van der Waals surface area contributed by atoms with Crippen molar-refractivity contribution < 1.29 is 54.3 Å². The molecule has 0 aromatic rings. The van der Waals surface area contributed by atoms with Crippen LogP contribution in [0.5, 0.6) is 0 Å². The van der Waals surface area contributed by atoms with Gasteiger partial charge in [0.1, 0.15) is 0 Å². The van der Waals surface area contributed by atoms with E-state index >= 15 is 0 Å². The zero-order chi connectivity index (χ0) is 23.6. The summed E-state index contributed by atoms with van der Waals surface area (Å²) in [6.45, 7) is 0.907. The number of aliphatic hydroxyl groups is 6. The molecule has 0 saturated carbocycles. The second-order valence-corrected chi connectivity index (χ2v) is 6.03. The second-order valence-electron chi connectivity index (χ2n) is 6.03. The first kappa shape index (κ1) is 40.0. The molecule has 0 aliphatic heterocycles. The van der Waals surface area contributed by atoms with Crippen molar-refractivity contribution in [3.8, 4) is 0 Å². The number of aliphatic hydroxyl groups excluding tert-OH is 6. The molecule has 0 aliphatic carbocycles. The SMILES string of the molecule is [CH2-]OCC(O)CCCCOCC(O)CO[CH2-].[CH2-]OCC(O)CO.[CH2-]OCC(O)CO.[Rf].[Rf]. The van der Waals surface area contributed by atoms with E-state index in [1.165, 1.54) is 0 Å². The van der Waals surface area contributed by atoms with Crippen molar-refractivity contribution in [2.45, 2.75) is 43.7 Å². The first-order chi connectivity index (χ1) is 14.3. The van der Waals surface area contributed by atoms with Gasteiger partial charge in [-0.3, -0.25) is 0 Å². The second kappa shape index (κ2) is 33.2. The Morgan fingerprint density at radius 2 is 0.906 bits per heavy atom. The zero-order valence-electron chi connectivity index (χ0n) is 19.1. The maximum absolute atomic E-state index is 9.29. The van der Waals surface area contributed by atoms with E-state index in [2.05, 4.69) is 47.4 Å². The van der Waals surface area contributed by atoms with Crippen molar-refractivity contribution in [2.75, 3.05) is 52.9 Å². The van der Waals surface area contributed by atoms with Crippen molar-refractivity contribution in [2.24, 2.45) is 0 Å². The van der Waals surface area contributed by atoms with E-state index in [4.69, 9.17) is 25.2 Å². The topological polar surface area (TPSA) is 168 Å². The molecule has 0 saturated heterocycles. The van der Waals surface area contributed by atoms with E-state index in [1.54, 1.807) is 0 Å². The van der Waals surface area contributed by atoms with Crippen LogP contribution in [-0.2, 0) is 23.7 Å². The minimum Gasteiger partial charge on any atom is -0.553 e. The first-order valence-corrected chi connectivity index (χ1v) is 9.32. The minimum absolute atomic E-state index is 0. The number of unbranched alkanes of at least 4 members (excludes halogenated alkanes) is 1. The summed E-state index contributed by atoms with van der Waals surface area (Å²) in [7, 11) is 12.4. The molecule has 0 rings (SSSR count). The van der Waals surface area contributed by atoms with Crippen molar-refractivity contribution in [1.29, 1.82) is 0 Å². The number of hydrogen-bond acceptors (Lipinski definition) is 11. The van der Waals surface area contributed by atoms with Crippen LogP contribution in [0.1, 0.15) is 19.3 Å². The normalized spacial score (nSPS) is 13.7. The molecular weight excluding hydrogens is 938 g/mol. The van der Waals surface area contributed by atoms with Gasteiger partial charge in [0.05, 0.1) is 44.2 Å². The molecule has 0 fully saturated rings. The average molecular weight is 979 g/mol. The van der Waals surface area contributed by atoms with Gasteiger partial charge in [-0.25, -0.2) is 28.4 Å². The Bertz CT molecular complexity index is 280. The minimum atomic E-state index is -0.780. The summed E-state index contributed by atoms with van der Waals surface area (Å²) in [5, 5.41) is 51.6. The summed E-state index contributed by atoms with van der Waals surface area (Å²) in [6.07, 6.45) is -0.275. The Kier molecular flexibility index (Phi) is 41.5. The van der Waals surface area contributed by atoms with E-state index in [0.29, 0.717) is 13.0 Å². The number of ether oxygens (including phenoxy) is 5. The van der Waals surface area contributed by atoms with Crippen LogP contribution in [0.25, 0.3) is 0 Å². The van der Waals surface area contributed by atoms with Crippen LogP contribution >= 0.6 is 0 Å². The molecule has 0 bridgehead atoms. The summed E-state index contributed by atoms with van der Waals surface area (Å²) < 4.78 is 22.7. The molecule has 13 heteroatoms. The van der Waals surface area contributed by atoms with Crippen molar-refractivity contribution in [3.63, 3.8) is 0 Å². The maximum Gasteiger partial charge on any atom is 0.0976 e. The van der Waals surface area contributed by atoms with Crippen LogP contribution < -0.4 is 0 Å². The van der Waals surface area contributed by atoms with Gasteiger partial charge in [0.25, 0.3) is 0 Å². The standard InChI is InChI=1S/C11H22O5.2C4H9O3.2Rf/c1-14-7-10(12)5-3-4-6-16-9-11(13)8-15-2;2*1-7-3-4(6)2-5;;/h10-13H,1-9H2;2*4-6H,1-3H2;;/q-2;2*-1;;. The predicted octanol–water partition coefficient (Wildman–Crippen LogP) is -1.19. The average Bonchev–Trinajstić information content (AvgIpc) is 2.72. The number of hydrogen-bond donors (Lipinski definition) is 6. The van der Waals surface area contributed by atoms with Crippen molar-refractivity contribution in [1.82, 2.24) is 0 Å². The Morgan fingerprint density at radius 1 is 0.531 bits per heavy atom. The molecule has 190 valence electrons. The van der Waals surface area contributed by atoms with Crippen LogP contribution in [0.3, 0.4) is 0 Å². The Labute approximate surface area is 180 Å². The third kappa shape index (κ3) is 38.2. The molecular formula is C19H40O11Rf2-4. The van der Waals surface area contributed by atoms with Gasteiger partial charge in [-0.05, 0) is 19.3 Å². The van der Waals surface area contributed by atoms with E-state index in [0.717, 1.165) is 12.8 Å². The molecule has 0 amide bonds. The van der Waals surface area contributed by atoms with Crippen molar-refractivity contribution >= 4 is 0 Å². The van der Waals surface area contributed by atoms with Crippen LogP contribution in [0, 0.1) is 28.4 Å². The van der Waals surface area contributed by atoms with E-state index in [1.807, 2.05) is 0 Å². The largest absolute Gasteiger partial charge is 0.553 e. The summed E-state index contributed by atoms with van der Waals surface area (Å²) in [5.74, 6) is 0. The van der Waals surface area contributed by atoms with Crippen LogP contribution in [0.2, 0.25) is 0 Å². The van der Waals surface area contributed by atoms with Gasteiger partial charge in [0.2, 0.25) is 0 Å². The summed E-state index contributed by atoms with van der Waals surface area (Å²) in [6, 6.07) is 0. The van der Waals surface area contributed by atoms with Crippen LogP contribution in [0.15, 0.2) is 0 Å². The monoisotopic (exact) mass is 979 g/mol. The molecule has 11 nitrogen and oxygen atoms in total. The third-order valence-corrected chi connectivity index (χ3v) is 3.05. The van der Waals surface area contributed by atoms with Crippen molar-refractivity contribution in [3.05, 3.63) is 28.4 Å². The fourth-order valence-corrected chi connectivity index (χ4v) is 1.58. The Balaban J connectivity index is -0.000000128. The van der Waals surface area contributed by atoms with Gasteiger partial charge in [-0.15, -0.1) is 0 Å². The smallest absolute Gasteiger partial charge is 0.0976 e. The van der Waals surface area contributed by atoms with Gasteiger partial charge < -0.3 is 54.3 Å². The van der Waals surface area contributed by atoms with Gasteiger partial charge in [-0.1, -0.05) is 0 Å². The molecule has 0 radical (unpaired) electrons. The zero-order valence-corrected chi connectivity index (χ0v) is 31.9. The third-order valence-electron chi connectivity index (χ3n) is 3.05. The quantitative estimate of drug-likeness (QED) is 0.0767. The molecule has 0 aliphatic rings. The Hall–Kier alpha value is -2.44. The van der Waals surface area contributed by atoms with Gasteiger partial charge >= 0.3 is 0 Å². The van der Waals surface area contributed by atoms with E-state index in [9.17, 15) is 10.2 Å². The van der Waals surface area contributed by atoms with Gasteiger partial charge in [0.15, 0.2) is 0 Å². The van der Waals surface area contributed by atoms with Gasteiger partial charge in [0, 0.05) is 33.0 Å². The van der Waals surface area contributed by atoms with Crippen LogP contribution in [-0.4, -0.2) is 108 Å². The molecule has 4 unspecified atom stereocenters. The van der Waals surface area contributed by atoms with Crippen LogP contribution in [0.4, 0.5) is 0 Å². The summed E-state index contributed by atoms with van der Waals surface area (Å²) in [5.41, 5.74) is 0. The fraction of sp³-hybridized carbons (Fsp3) is 0.789. The molecule has 0 aromatic heterocycles. The van der Waals surface area contributed by atoms with E-state index < -0.39 is 24.4 Å². The maximum atomic E-state index is 9.29. The molecule has 6 N–H and O–H groups in total. The van der Waals surface area contributed by atoms with E-state index in [-0.39, 0.29) is 46.2 Å². The molecule has 4 atom stereocenters. The van der Waals surface area contributed by atoms with Gasteiger partial charge in [-0.2, -0.15) is 0 Å². The predicted molar refractivity (Wildman–Crippen MR) is 108 cm³/mol. The molecule has 0 spiro atoms. The molecule has 0 aromatic carbocycles. The fourth-order valence-electron chi connectivity index (χ4n) is 1.58. The first-order valence-electron chi connectivity index (χ1n) is 9.32. The summed E-state index contributed by atoms with van der Waals surface area (Å²) in [4.78, 5) is 0. The molecule has 0 heterocycles. The Morgan fingerprint density at radius 3 is 1.25 bits per heavy atom.